The van der Waals surface area contributed by atoms with Crippen LogP contribution >= 0.6 is 46.4 Å². The average molecular weight is 365 g/mol. The summed E-state index contributed by atoms with van der Waals surface area (Å²) in [5, 5.41) is 11.7. The minimum atomic E-state index is 0.155. The number of hydrogen-bond acceptors (Lipinski definition) is 5. The second kappa shape index (κ2) is 8.60. The van der Waals surface area contributed by atoms with Gasteiger partial charge in [-0.3, -0.25) is 4.98 Å². The standard InChI is InChI=1S/C6H2Cl2N2.C5H3Cl2N3O/c1-9-5-4(7)2-3-10-6(5)8;6-4-3(1-10-11)5(7)9-2-8-4/h2-3H;1-2,11H. The first-order chi connectivity index (χ1) is 10.0. The van der Waals surface area contributed by atoms with Gasteiger partial charge in [-0.25, -0.2) is 14.8 Å². The van der Waals surface area contributed by atoms with E-state index in [0.717, 1.165) is 6.21 Å². The fourth-order valence-electron chi connectivity index (χ4n) is 1.03. The van der Waals surface area contributed by atoms with E-state index in [-0.39, 0.29) is 21.1 Å². The predicted octanol–water partition coefficient (Wildman–Crippen LogP) is 4.53. The number of oxime groups is 1. The van der Waals surface area contributed by atoms with Crippen LogP contribution in [-0.2, 0) is 0 Å². The van der Waals surface area contributed by atoms with E-state index in [9.17, 15) is 0 Å². The molecule has 0 aliphatic heterocycles. The van der Waals surface area contributed by atoms with Crippen molar-refractivity contribution < 1.29 is 5.21 Å². The van der Waals surface area contributed by atoms with Crippen molar-refractivity contribution in [3.05, 3.63) is 56.1 Å². The molecule has 10 heteroatoms. The van der Waals surface area contributed by atoms with Gasteiger partial charge in [-0.2, -0.15) is 0 Å². The van der Waals surface area contributed by atoms with E-state index < -0.39 is 0 Å². The van der Waals surface area contributed by atoms with E-state index in [2.05, 4.69) is 25.0 Å². The van der Waals surface area contributed by atoms with Gasteiger partial charge in [0.05, 0.1) is 23.4 Å². The van der Waals surface area contributed by atoms with Crippen LogP contribution < -0.4 is 0 Å². The highest BCUT2D eigenvalue weighted by Crippen LogP contribution is 2.30. The van der Waals surface area contributed by atoms with Crippen LogP contribution in [0.1, 0.15) is 5.56 Å². The van der Waals surface area contributed by atoms with Crippen LogP contribution in [0.25, 0.3) is 4.85 Å². The van der Waals surface area contributed by atoms with Gasteiger partial charge in [0.25, 0.3) is 0 Å². The Bertz CT molecular complexity index is 661. The number of aromatic nitrogens is 3. The Morgan fingerprint density at radius 1 is 1.10 bits per heavy atom. The molecule has 1 N–H and O–H groups in total. The fourth-order valence-corrected chi connectivity index (χ4v) is 1.87. The molecule has 0 saturated carbocycles. The third-order valence-corrected chi connectivity index (χ3v) is 3.10. The Kier molecular flexibility index (Phi) is 7.12. The zero-order valence-electron chi connectivity index (χ0n) is 10.0. The second-order valence-electron chi connectivity index (χ2n) is 3.16. The second-order valence-corrected chi connectivity index (χ2v) is 4.64. The zero-order valence-corrected chi connectivity index (χ0v) is 13.0. The Morgan fingerprint density at radius 3 is 2.14 bits per heavy atom. The van der Waals surface area contributed by atoms with Crippen LogP contribution in [-0.4, -0.2) is 26.4 Å². The van der Waals surface area contributed by atoms with Crippen LogP contribution in [0.3, 0.4) is 0 Å². The van der Waals surface area contributed by atoms with Crippen LogP contribution in [0.4, 0.5) is 5.69 Å². The van der Waals surface area contributed by atoms with Gasteiger partial charge in [-0.15, -0.1) is 0 Å². The molecule has 108 valence electrons. The molecule has 0 saturated heterocycles. The molecular formula is C11H5Cl4N5O. The van der Waals surface area contributed by atoms with E-state index in [4.69, 9.17) is 58.2 Å². The molecule has 6 nitrogen and oxygen atoms in total. The fraction of sp³-hybridized carbons (Fsp3) is 0. The molecule has 0 aromatic carbocycles. The van der Waals surface area contributed by atoms with Crippen molar-refractivity contribution in [2.24, 2.45) is 5.16 Å². The summed E-state index contributed by atoms with van der Waals surface area (Å²) < 4.78 is 0. The highest BCUT2D eigenvalue weighted by Gasteiger charge is 2.04. The Balaban J connectivity index is 0.000000211. The van der Waals surface area contributed by atoms with Crippen LogP contribution in [0.5, 0.6) is 0 Å². The molecule has 21 heavy (non-hydrogen) atoms. The number of hydrogen-bond donors (Lipinski definition) is 1. The number of rotatable bonds is 1. The SMILES string of the molecule is ON=Cc1c(Cl)ncnc1Cl.[C-]#[N+]c1c(Cl)ccnc1Cl. The van der Waals surface area contributed by atoms with Gasteiger partial charge in [0.2, 0.25) is 5.69 Å². The third kappa shape index (κ3) is 4.99. The molecule has 2 heterocycles. The number of pyridine rings is 1. The molecule has 0 amide bonds. The van der Waals surface area contributed by atoms with E-state index in [1.807, 2.05) is 0 Å². The van der Waals surface area contributed by atoms with Gasteiger partial charge in [-0.1, -0.05) is 51.6 Å². The summed E-state index contributed by atoms with van der Waals surface area (Å²) in [7, 11) is 0. The first-order valence-electron chi connectivity index (χ1n) is 5.02. The molecule has 0 spiro atoms. The van der Waals surface area contributed by atoms with Gasteiger partial charge in [-0.05, 0) is 6.07 Å². The molecule has 0 atom stereocenters. The molecule has 0 aliphatic rings. The van der Waals surface area contributed by atoms with Gasteiger partial charge >= 0.3 is 0 Å². The Hall–Kier alpha value is -1.65. The Labute approximate surface area is 139 Å². The van der Waals surface area contributed by atoms with Crippen molar-refractivity contribution in [3.8, 4) is 0 Å². The van der Waals surface area contributed by atoms with Crippen LogP contribution in [0.2, 0.25) is 20.5 Å². The predicted molar refractivity (Wildman–Crippen MR) is 82.0 cm³/mol. The largest absolute Gasteiger partial charge is 0.411 e. The summed E-state index contributed by atoms with van der Waals surface area (Å²) in [6.45, 7) is 6.64. The van der Waals surface area contributed by atoms with Gasteiger partial charge in [0.15, 0.2) is 0 Å². The summed E-state index contributed by atoms with van der Waals surface area (Å²) in [5.41, 5.74) is 0.518. The first kappa shape index (κ1) is 17.4. The van der Waals surface area contributed by atoms with Crippen molar-refractivity contribution >= 4 is 58.3 Å². The van der Waals surface area contributed by atoms with Crippen molar-refractivity contribution in [1.29, 1.82) is 0 Å². The number of halogens is 4. The quantitative estimate of drug-likeness (QED) is 0.201. The lowest BCUT2D eigenvalue weighted by molar-refractivity contribution is 0.322. The summed E-state index contributed by atoms with van der Waals surface area (Å²) >= 11 is 22.3. The minimum Gasteiger partial charge on any atom is -0.411 e. The van der Waals surface area contributed by atoms with Crippen LogP contribution in [0.15, 0.2) is 23.7 Å². The van der Waals surface area contributed by atoms with Gasteiger partial charge < -0.3 is 5.21 Å². The molecule has 2 aromatic heterocycles. The Morgan fingerprint density at radius 2 is 1.71 bits per heavy atom. The van der Waals surface area contributed by atoms with E-state index in [0.29, 0.717) is 10.6 Å². The zero-order chi connectivity index (χ0) is 15.8. The monoisotopic (exact) mass is 363 g/mol. The summed E-state index contributed by atoms with van der Waals surface area (Å²) in [5.74, 6) is 0. The maximum atomic E-state index is 8.17. The maximum absolute atomic E-state index is 8.17. The smallest absolute Gasteiger partial charge is 0.241 e. The molecule has 2 rings (SSSR count). The number of nitrogens with zero attached hydrogens (tertiary/aromatic N) is 5. The molecule has 0 bridgehead atoms. The highest BCUT2D eigenvalue weighted by atomic mass is 35.5. The van der Waals surface area contributed by atoms with Crippen molar-refractivity contribution in [3.63, 3.8) is 0 Å². The van der Waals surface area contributed by atoms with E-state index in [1.165, 1.54) is 18.6 Å². The molecule has 0 unspecified atom stereocenters. The molecule has 0 fully saturated rings. The summed E-state index contributed by atoms with van der Waals surface area (Å²) in [6.07, 6.45) is 3.75. The van der Waals surface area contributed by atoms with Crippen LogP contribution in [0, 0.1) is 6.57 Å². The molecular weight excluding hydrogens is 360 g/mol. The minimum absolute atomic E-state index is 0.155. The average Bonchev–Trinajstić information content (AvgIpc) is 2.44. The van der Waals surface area contributed by atoms with Crippen molar-refractivity contribution in [2.45, 2.75) is 0 Å². The lowest BCUT2D eigenvalue weighted by Crippen LogP contribution is -1.90. The lowest BCUT2D eigenvalue weighted by atomic mass is 10.4. The van der Waals surface area contributed by atoms with Gasteiger partial charge in [0, 0.05) is 6.20 Å². The molecule has 2 aromatic rings. The van der Waals surface area contributed by atoms with E-state index >= 15 is 0 Å². The van der Waals surface area contributed by atoms with Crippen molar-refractivity contribution in [2.75, 3.05) is 0 Å². The molecule has 0 aliphatic carbocycles. The van der Waals surface area contributed by atoms with Crippen molar-refractivity contribution in [1.82, 2.24) is 15.0 Å². The highest BCUT2D eigenvalue weighted by molar-refractivity contribution is 6.38. The maximum Gasteiger partial charge on any atom is 0.241 e. The summed E-state index contributed by atoms with van der Waals surface area (Å²) in [6, 6.07) is 1.53. The first-order valence-corrected chi connectivity index (χ1v) is 6.53. The molecule has 0 radical (unpaired) electrons. The van der Waals surface area contributed by atoms with Gasteiger partial charge in [0.1, 0.15) is 21.8 Å². The topological polar surface area (TPSA) is 75.6 Å². The lowest BCUT2D eigenvalue weighted by Gasteiger charge is -1.95. The normalized spacial score (nSPS) is 9.86. The summed E-state index contributed by atoms with van der Waals surface area (Å²) in [4.78, 5) is 14.0. The van der Waals surface area contributed by atoms with E-state index in [1.54, 1.807) is 0 Å². The third-order valence-electron chi connectivity index (χ3n) is 1.92.